The van der Waals surface area contributed by atoms with Crippen LogP contribution < -0.4 is 5.32 Å². The van der Waals surface area contributed by atoms with Gasteiger partial charge >= 0.3 is 0 Å². The molecule has 1 heterocycles. The van der Waals surface area contributed by atoms with Crippen LogP contribution in [0.1, 0.15) is 187 Å². The minimum atomic E-state index is -1.66. The molecule has 0 aromatic carbocycles. The molecule has 0 saturated carbocycles. The van der Waals surface area contributed by atoms with Crippen LogP contribution in [0.25, 0.3) is 0 Å². The number of carbonyl (C=O) groups excluding carboxylic acids is 1. The Hall–Kier alpha value is -1.15. The zero-order valence-electron chi connectivity index (χ0n) is 34.2. The maximum absolute atomic E-state index is 13.0. The molecule has 9 atom stereocenters. The fourth-order valence-corrected chi connectivity index (χ4v) is 7.08. The molecule has 0 radical (unpaired) electrons. The van der Waals surface area contributed by atoms with Crippen LogP contribution >= 0.6 is 0 Å². The lowest BCUT2D eigenvalue weighted by Crippen LogP contribution is -2.60. The van der Waals surface area contributed by atoms with Gasteiger partial charge in [-0.1, -0.05) is 161 Å². The highest BCUT2D eigenvalue weighted by Gasteiger charge is 2.44. The number of aliphatic hydroxyl groups is 7. The van der Waals surface area contributed by atoms with Crippen molar-refractivity contribution < 1.29 is 50.0 Å². The van der Waals surface area contributed by atoms with Crippen LogP contribution in [0.4, 0.5) is 0 Å². The van der Waals surface area contributed by atoms with Crippen LogP contribution in [0.5, 0.6) is 0 Å². The molecule has 320 valence electrons. The summed E-state index contributed by atoms with van der Waals surface area (Å²) in [7, 11) is 0. The molecule has 0 aliphatic carbocycles. The summed E-state index contributed by atoms with van der Waals surface area (Å²) < 4.78 is 11.1. The van der Waals surface area contributed by atoms with Crippen LogP contribution in [0, 0.1) is 0 Å². The molecule has 1 aliphatic rings. The second-order valence-corrected chi connectivity index (χ2v) is 15.8. The van der Waals surface area contributed by atoms with Gasteiger partial charge in [0.2, 0.25) is 5.91 Å². The van der Waals surface area contributed by atoms with Crippen molar-refractivity contribution in [3.05, 3.63) is 12.2 Å². The second-order valence-electron chi connectivity index (χ2n) is 15.8. The van der Waals surface area contributed by atoms with E-state index in [9.17, 15) is 40.5 Å². The Balaban J connectivity index is 2.50. The van der Waals surface area contributed by atoms with Gasteiger partial charge in [-0.3, -0.25) is 4.79 Å². The molecule has 1 rings (SSSR count). The zero-order valence-corrected chi connectivity index (χ0v) is 34.2. The number of carbonyl (C=O) groups is 1. The smallest absolute Gasteiger partial charge is 0.249 e. The summed E-state index contributed by atoms with van der Waals surface area (Å²) in [6.45, 7) is 3.40. The van der Waals surface area contributed by atoms with Crippen molar-refractivity contribution in [2.24, 2.45) is 0 Å². The quantitative estimate of drug-likeness (QED) is 0.0258. The van der Waals surface area contributed by atoms with Gasteiger partial charge in [0.15, 0.2) is 6.29 Å². The summed E-state index contributed by atoms with van der Waals surface area (Å²) >= 11 is 0. The number of rotatable bonds is 36. The third-order valence-electron chi connectivity index (χ3n) is 10.8. The first kappa shape index (κ1) is 50.9. The predicted molar refractivity (Wildman–Crippen MR) is 215 cm³/mol. The third kappa shape index (κ3) is 23.8. The average Bonchev–Trinajstić information content (AvgIpc) is 3.17. The molecule has 3 unspecified atom stereocenters. The number of allylic oxidation sites excluding steroid dienone is 2. The molecule has 0 bridgehead atoms. The largest absolute Gasteiger partial charge is 0.394 e. The van der Waals surface area contributed by atoms with Crippen LogP contribution in [0.3, 0.4) is 0 Å². The van der Waals surface area contributed by atoms with Gasteiger partial charge in [-0.15, -0.1) is 0 Å². The summed E-state index contributed by atoms with van der Waals surface area (Å²) in [5.41, 5.74) is 0. The molecule has 54 heavy (non-hydrogen) atoms. The van der Waals surface area contributed by atoms with Crippen molar-refractivity contribution in [1.29, 1.82) is 0 Å². The van der Waals surface area contributed by atoms with E-state index in [1.165, 1.54) is 109 Å². The van der Waals surface area contributed by atoms with Crippen molar-refractivity contribution in [2.45, 2.75) is 242 Å². The molecule has 11 nitrogen and oxygen atoms in total. The first-order valence-electron chi connectivity index (χ1n) is 22.1. The summed E-state index contributed by atoms with van der Waals surface area (Å²) in [5, 5.41) is 75.4. The fraction of sp³-hybridized carbons (Fsp3) is 0.930. The molecule has 1 fully saturated rings. The number of ether oxygens (including phenoxy) is 2. The number of aliphatic hydroxyl groups excluding tert-OH is 7. The maximum Gasteiger partial charge on any atom is 0.249 e. The van der Waals surface area contributed by atoms with E-state index in [1.807, 2.05) is 0 Å². The Kier molecular flexibility index (Phi) is 32.0. The Bertz CT molecular complexity index is 892. The van der Waals surface area contributed by atoms with Crippen molar-refractivity contribution in [2.75, 3.05) is 13.2 Å². The summed E-state index contributed by atoms with van der Waals surface area (Å²) in [5.74, 6) is -0.705. The molecular formula is C43H83NO10. The number of hydrogen-bond acceptors (Lipinski definition) is 10. The monoisotopic (exact) mass is 774 g/mol. The number of amides is 1. The Labute approximate surface area is 328 Å². The molecular weight excluding hydrogens is 690 g/mol. The van der Waals surface area contributed by atoms with Gasteiger partial charge in [0.25, 0.3) is 0 Å². The number of hydrogen-bond donors (Lipinski definition) is 8. The highest BCUT2D eigenvalue weighted by molar-refractivity contribution is 5.80. The van der Waals surface area contributed by atoms with E-state index >= 15 is 0 Å². The van der Waals surface area contributed by atoms with Crippen LogP contribution in [0.2, 0.25) is 0 Å². The average molecular weight is 774 g/mol. The molecule has 8 N–H and O–H groups in total. The highest BCUT2D eigenvalue weighted by Crippen LogP contribution is 2.23. The van der Waals surface area contributed by atoms with E-state index in [2.05, 4.69) is 31.3 Å². The molecule has 1 aliphatic heterocycles. The molecule has 0 spiro atoms. The standard InChI is InChI=1S/C43H83NO10/c1-3-5-7-9-11-13-15-16-17-18-19-21-22-24-26-28-30-35(46)38(48)34(33-53-43-41(51)40(50)39(49)37(32-45)54-43)44-42(52)36(47)31-29-27-25-23-20-14-12-10-8-6-4-2/h21-22,34-41,43,45-51H,3-20,23-33H2,1-2H3,(H,44,52)/b22-21-/t34-,35+,36+,37?,38-,39+,40?,41?,43+/m0/s1. The van der Waals surface area contributed by atoms with Gasteiger partial charge in [0.1, 0.15) is 36.6 Å². The van der Waals surface area contributed by atoms with E-state index in [0.717, 1.165) is 38.5 Å². The van der Waals surface area contributed by atoms with E-state index < -0.39 is 74.2 Å². The van der Waals surface area contributed by atoms with Crippen molar-refractivity contribution in [1.82, 2.24) is 5.32 Å². The van der Waals surface area contributed by atoms with Crippen molar-refractivity contribution in [3.8, 4) is 0 Å². The highest BCUT2D eigenvalue weighted by atomic mass is 16.7. The van der Waals surface area contributed by atoms with E-state index in [0.29, 0.717) is 12.8 Å². The minimum Gasteiger partial charge on any atom is -0.394 e. The molecule has 1 saturated heterocycles. The number of unbranched alkanes of at least 4 members (excludes halogenated alkanes) is 22. The van der Waals surface area contributed by atoms with Gasteiger partial charge in [0, 0.05) is 0 Å². The Morgan fingerprint density at radius 1 is 0.630 bits per heavy atom. The lowest BCUT2D eigenvalue weighted by Gasteiger charge is -2.40. The first-order chi connectivity index (χ1) is 26.2. The summed E-state index contributed by atoms with van der Waals surface area (Å²) in [6.07, 6.45) is 22.6. The van der Waals surface area contributed by atoms with Gasteiger partial charge in [-0.2, -0.15) is 0 Å². The third-order valence-corrected chi connectivity index (χ3v) is 10.8. The summed E-state index contributed by atoms with van der Waals surface area (Å²) in [6, 6.07) is -1.17. The molecule has 11 heteroatoms. The van der Waals surface area contributed by atoms with Gasteiger partial charge < -0.3 is 50.5 Å². The molecule has 0 aromatic rings. The predicted octanol–water partition coefficient (Wildman–Crippen LogP) is 6.50. The van der Waals surface area contributed by atoms with Crippen molar-refractivity contribution >= 4 is 5.91 Å². The molecule has 1 amide bonds. The van der Waals surface area contributed by atoms with E-state index in [1.54, 1.807) is 0 Å². The SMILES string of the molecule is CCCCCCCCCCCC/C=C\CCCC[C@@H](O)[C@@H](O)[C@H](CO[C@@H]1OC(CO)[C@@H](O)C(O)C1O)NC(=O)[C@H](O)CCCCCCCCCCCCC. The Morgan fingerprint density at radius 3 is 1.57 bits per heavy atom. The van der Waals surface area contributed by atoms with Crippen LogP contribution in [-0.4, -0.2) is 110 Å². The van der Waals surface area contributed by atoms with E-state index in [-0.39, 0.29) is 12.8 Å². The van der Waals surface area contributed by atoms with Gasteiger partial charge in [0.05, 0.1) is 25.4 Å². The van der Waals surface area contributed by atoms with Gasteiger partial charge in [-0.05, 0) is 38.5 Å². The van der Waals surface area contributed by atoms with Gasteiger partial charge in [-0.25, -0.2) is 0 Å². The van der Waals surface area contributed by atoms with Crippen molar-refractivity contribution in [3.63, 3.8) is 0 Å². The zero-order chi connectivity index (χ0) is 39.8. The second kappa shape index (κ2) is 33.9. The first-order valence-corrected chi connectivity index (χ1v) is 22.1. The van der Waals surface area contributed by atoms with Crippen LogP contribution in [-0.2, 0) is 14.3 Å². The number of nitrogens with one attached hydrogen (secondary N) is 1. The maximum atomic E-state index is 13.0. The van der Waals surface area contributed by atoms with Crippen LogP contribution in [0.15, 0.2) is 12.2 Å². The normalized spacial score (nSPS) is 22.7. The fourth-order valence-electron chi connectivity index (χ4n) is 7.08. The topological polar surface area (TPSA) is 189 Å². The van der Waals surface area contributed by atoms with E-state index in [4.69, 9.17) is 9.47 Å². The lowest BCUT2D eigenvalue weighted by atomic mass is 9.98. The minimum absolute atomic E-state index is 0.258. The summed E-state index contributed by atoms with van der Waals surface area (Å²) in [4.78, 5) is 13.0. The lowest BCUT2D eigenvalue weighted by molar-refractivity contribution is -0.303. The Morgan fingerprint density at radius 2 is 1.07 bits per heavy atom. The molecule has 0 aromatic heterocycles.